The van der Waals surface area contributed by atoms with Gasteiger partial charge in [-0.1, -0.05) is 0 Å². The number of hydrogen-bond donors (Lipinski definition) is 1. The summed E-state index contributed by atoms with van der Waals surface area (Å²) in [7, 11) is 1.37. The lowest BCUT2D eigenvalue weighted by atomic mass is 9.65. The van der Waals surface area contributed by atoms with E-state index in [0.29, 0.717) is 25.7 Å². The van der Waals surface area contributed by atoms with Crippen molar-refractivity contribution in [3.05, 3.63) is 0 Å². The first kappa shape index (κ1) is 12.0. The van der Waals surface area contributed by atoms with Crippen LogP contribution < -0.4 is 0 Å². The quantitative estimate of drug-likeness (QED) is 0.712. The van der Waals surface area contributed by atoms with E-state index in [9.17, 15) is 9.59 Å². The normalized spacial score (nSPS) is 35.9. The topological polar surface area (TPSA) is 63.6 Å². The van der Waals surface area contributed by atoms with Crippen molar-refractivity contribution in [2.24, 2.45) is 10.8 Å². The Morgan fingerprint density at radius 1 is 1.07 bits per heavy atom. The second kappa shape index (κ2) is 3.83. The highest BCUT2D eigenvalue weighted by Gasteiger charge is 2.46. The molecule has 1 rings (SSSR count). The van der Waals surface area contributed by atoms with Crippen LogP contribution in [0.5, 0.6) is 0 Å². The van der Waals surface area contributed by atoms with Crippen LogP contribution in [0.1, 0.15) is 39.5 Å². The minimum atomic E-state index is -0.769. The van der Waals surface area contributed by atoms with Gasteiger partial charge in [0, 0.05) is 0 Å². The molecule has 0 amide bonds. The summed E-state index contributed by atoms with van der Waals surface area (Å²) in [6.45, 7) is 3.59. The standard InChI is InChI=1S/C11H18O4/c1-10(8(12)13)4-6-11(2,7-5-10)9(14)15-3/h4-7H2,1-3H3,(H,12,13). The van der Waals surface area contributed by atoms with Gasteiger partial charge in [-0.25, -0.2) is 0 Å². The molecule has 1 saturated carbocycles. The van der Waals surface area contributed by atoms with E-state index in [0.717, 1.165) is 0 Å². The highest BCUT2D eigenvalue weighted by atomic mass is 16.5. The molecule has 0 unspecified atom stereocenters. The third kappa shape index (κ3) is 2.13. The zero-order valence-corrected chi connectivity index (χ0v) is 9.50. The molecule has 4 nitrogen and oxygen atoms in total. The van der Waals surface area contributed by atoms with Gasteiger partial charge in [-0.15, -0.1) is 0 Å². The molecule has 4 heteroatoms. The predicted molar refractivity (Wildman–Crippen MR) is 54.3 cm³/mol. The number of carboxylic acid groups (broad SMARTS) is 1. The highest BCUT2D eigenvalue weighted by molar-refractivity contribution is 5.78. The molecule has 15 heavy (non-hydrogen) atoms. The number of methoxy groups -OCH3 is 1. The van der Waals surface area contributed by atoms with Gasteiger partial charge in [-0.3, -0.25) is 9.59 Å². The zero-order chi connectivity index (χ0) is 11.7. The Hall–Kier alpha value is -1.06. The van der Waals surface area contributed by atoms with Crippen LogP contribution in [0.4, 0.5) is 0 Å². The van der Waals surface area contributed by atoms with Crippen molar-refractivity contribution in [3.8, 4) is 0 Å². The molecule has 86 valence electrons. The van der Waals surface area contributed by atoms with Crippen molar-refractivity contribution in [1.82, 2.24) is 0 Å². The molecule has 0 aliphatic heterocycles. The van der Waals surface area contributed by atoms with Crippen LogP contribution >= 0.6 is 0 Å². The van der Waals surface area contributed by atoms with Crippen molar-refractivity contribution in [3.63, 3.8) is 0 Å². The number of esters is 1. The monoisotopic (exact) mass is 214 g/mol. The van der Waals surface area contributed by atoms with Crippen LogP contribution in [0.3, 0.4) is 0 Å². The van der Waals surface area contributed by atoms with Gasteiger partial charge >= 0.3 is 11.9 Å². The first-order valence-corrected chi connectivity index (χ1v) is 5.16. The number of carboxylic acids is 1. The molecule has 1 aliphatic carbocycles. The van der Waals surface area contributed by atoms with Gasteiger partial charge in [0.1, 0.15) is 0 Å². The molecule has 0 radical (unpaired) electrons. The second-order valence-corrected chi connectivity index (χ2v) is 4.92. The molecule has 1 fully saturated rings. The van der Waals surface area contributed by atoms with Crippen LogP contribution in [0.25, 0.3) is 0 Å². The van der Waals surface area contributed by atoms with Crippen molar-refractivity contribution in [2.75, 3.05) is 7.11 Å². The summed E-state index contributed by atoms with van der Waals surface area (Å²) in [5.74, 6) is -0.996. The number of rotatable bonds is 2. The van der Waals surface area contributed by atoms with Crippen LogP contribution in [-0.4, -0.2) is 24.2 Å². The SMILES string of the molecule is COC(=O)C1(C)CCC(C)(C(=O)O)CC1. The van der Waals surface area contributed by atoms with Crippen molar-refractivity contribution < 1.29 is 19.4 Å². The Labute approximate surface area is 89.6 Å². The third-order valence-electron chi connectivity index (χ3n) is 3.65. The van der Waals surface area contributed by atoms with E-state index in [-0.39, 0.29) is 5.97 Å². The van der Waals surface area contributed by atoms with E-state index >= 15 is 0 Å². The van der Waals surface area contributed by atoms with Gasteiger partial charge in [0.05, 0.1) is 17.9 Å². The Morgan fingerprint density at radius 2 is 1.47 bits per heavy atom. The molecule has 0 heterocycles. The summed E-state index contributed by atoms with van der Waals surface area (Å²) < 4.78 is 4.73. The summed E-state index contributed by atoms with van der Waals surface area (Å²) in [6.07, 6.45) is 2.24. The summed E-state index contributed by atoms with van der Waals surface area (Å²) in [4.78, 5) is 22.5. The minimum Gasteiger partial charge on any atom is -0.481 e. The van der Waals surface area contributed by atoms with E-state index in [1.807, 2.05) is 6.92 Å². The molecular weight excluding hydrogens is 196 g/mol. The summed E-state index contributed by atoms with van der Waals surface area (Å²) in [6, 6.07) is 0. The molecule has 0 saturated heterocycles. The lowest BCUT2D eigenvalue weighted by Gasteiger charge is -2.38. The van der Waals surface area contributed by atoms with Crippen LogP contribution in [-0.2, 0) is 14.3 Å². The van der Waals surface area contributed by atoms with E-state index in [2.05, 4.69) is 0 Å². The van der Waals surface area contributed by atoms with Crippen molar-refractivity contribution in [2.45, 2.75) is 39.5 Å². The van der Waals surface area contributed by atoms with Gasteiger partial charge in [-0.2, -0.15) is 0 Å². The molecular formula is C11H18O4. The lowest BCUT2D eigenvalue weighted by molar-refractivity contribution is -0.161. The van der Waals surface area contributed by atoms with Gasteiger partial charge < -0.3 is 9.84 Å². The fourth-order valence-electron chi connectivity index (χ4n) is 2.02. The van der Waals surface area contributed by atoms with Gasteiger partial charge in [0.25, 0.3) is 0 Å². The summed E-state index contributed by atoms with van der Waals surface area (Å²) >= 11 is 0. The minimum absolute atomic E-state index is 0.227. The molecule has 1 aliphatic rings. The zero-order valence-electron chi connectivity index (χ0n) is 9.50. The van der Waals surface area contributed by atoms with E-state index in [4.69, 9.17) is 9.84 Å². The Bertz CT molecular complexity index is 274. The van der Waals surface area contributed by atoms with Gasteiger partial charge in [0.15, 0.2) is 0 Å². The van der Waals surface area contributed by atoms with Crippen molar-refractivity contribution >= 4 is 11.9 Å². The first-order chi connectivity index (χ1) is 6.84. The molecule has 0 aromatic heterocycles. The largest absolute Gasteiger partial charge is 0.481 e. The molecule has 0 aromatic rings. The number of hydrogen-bond acceptors (Lipinski definition) is 3. The van der Waals surface area contributed by atoms with E-state index in [1.54, 1.807) is 6.92 Å². The molecule has 0 aromatic carbocycles. The fourth-order valence-corrected chi connectivity index (χ4v) is 2.02. The Morgan fingerprint density at radius 3 is 1.80 bits per heavy atom. The number of aliphatic carboxylic acids is 1. The first-order valence-electron chi connectivity index (χ1n) is 5.16. The maximum Gasteiger partial charge on any atom is 0.311 e. The number of ether oxygens (including phenoxy) is 1. The van der Waals surface area contributed by atoms with Crippen LogP contribution in [0.2, 0.25) is 0 Å². The Kier molecular flexibility index (Phi) is 3.07. The van der Waals surface area contributed by atoms with Crippen molar-refractivity contribution in [1.29, 1.82) is 0 Å². The summed E-state index contributed by atoms with van der Waals surface area (Å²) in [5.41, 5.74) is -1.17. The number of carbonyl (C=O) groups is 2. The molecule has 0 bridgehead atoms. The van der Waals surface area contributed by atoms with E-state index < -0.39 is 16.8 Å². The van der Waals surface area contributed by atoms with Gasteiger partial charge in [-0.05, 0) is 39.5 Å². The maximum absolute atomic E-state index is 11.5. The average Bonchev–Trinajstić information content (AvgIpc) is 2.21. The third-order valence-corrected chi connectivity index (χ3v) is 3.65. The average molecular weight is 214 g/mol. The molecule has 0 atom stereocenters. The predicted octanol–water partition coefficient (Wildman–Crippen LogP) is 1.83. The molecule has 1 N–H and O–H groups in total. The van der Waals surface area contributed by atoms with Crippen LogP contribution in [0.15, 0.2) is 0 Å². The second-order valence-electron chi connectivity index (χ2n) is 4.92. The van der Waals surface area contributed by atoms with Gasteiger partial charge in [0.2, 0.25) is 0 Å². The smallest absolute Gasteiger partial charge is 0.311 e. The Balaban J connectivity index is 2.70. The van der Waals surface area contributed by atoms with Crippen LogP contribution in [0, 0.1) is 10.8 Å². The summed E-state index contributed by atoms with van der Waals surface area (Å²) in [5, 5.41) is 9.05. The lowest BCUT2D eigenvalue weighted by Crippen LogP contribution is -2.40. The number of carbonyl (C=O) groups excluding carboxylic acids is 1. The van der Waals surface area contributed by atoms with E-state index in [1.165, 1.54) is 7.11 Å². The highest BCUT2D eigenvalue weighted by Crippen LogP contribution is 2.45. The maximum atomic E-state index is 11.5. The molecule has 0 spiro atoms. The fraction of sp³-hybridized carbons (Fsp3) is 0.818.